The molecule has 3 heterocycles. The van der Waals surface area contributed by atoms with E-state index in [0.717, 1.165) is 37.6 Å². The summed E-state index contributed by atoms with van der Waals surface area (Å²) in [5.41, 5.74) is 2.12. The summed E-state index contributed by atoms with van der Waals surface area (Å²) in [6.45, 7) is 14.7. The lowest BCUT2D eigenvalue weighted by atomic mass is 10.3. The van der Waals surface area contributed by atoms with Gasteiger partial charge in [-0.25, -0.2) is 0 Å². The molecule has 0 unspecified atom stereocenters. The number of pyridine rings is 1. The Labute approximate surface area is 158 Å². The van der Waals surface area contributed by atoms with Crippen molar-refractivity contribution in [1.29, 1.82) is 0 Å². The van der Waals surface area contributed by atoms with Gasteiger partial charge in [-0.05, 0) is 25.0 Å². The van der Waals surface area contributed by atoms with E-state index in [0.29, 0.717) is 0 Å². The largest absolute Gasteiger partial charge is 0.346 e. The average molecular weight is 351 g/mol. The van der Waals surface area contributed by atoms with Gasteiger partial charge in [0.1, 0.15) is 0 Å². The van der Waals surface area contributed by atoms with Gasteiger partial charge >= 0.3 is 0 Å². The Kier molecular flexibility index (Phi) is 6.81. The third kappa shape index (κ3) is 5.41. The Bertz CT molecular complexity index is 563. The molecule has 1 aromatic rings. The van der Waals surface area contributed by atoms with E-state index in [1.807, 2.05) is 0 Å². The monoisotopic (exact) mass is 351 g/mol. The van der Waals surface area contributed by atoms with E-state index in [4.69, 9.17) is 4.98 Å². The van der Waals surface area contributed by atoms with Gasteiger partial charge in [-0.15, -0.1) is 0 Å². The first-order valence-electron chi connectivity index (χ1n) is 9.67. The molecule has 0 aromatic carbocycles. The van der Waals surface area contributed by atoms with Gasteiger partial charge in [-0.1, -0.05) is 32.8 Å². The third-order valence-electron chi connectivity index (χ3n) is 4.40. The predicted octanol–water partition coefficient (Wildman–Crippen LogP) is 3.85. The van der Waals surface area contributed by atoms with Crippen LogP contribution in [0.25, 0.3) is 0 Å². The summed E-state index contributed by atoms with van der Waals surface area (Å²) in [4.78, 5) is 13.2. The van der Waals surface area contributed by atoms with Crippen LogP contribution in [-0.4, -0.2) is 37.7 Å². The van der Waals surface area contributed by atoms with Crippen LogP contribution in [0.2, 0.25) is 0 Å². The Balaban J connectivity index is 1.47. The first-order chi connectivity index (χ1) is 12.8. The van der Waals surface area contributed by atoms with E-state index >= 15 is 0 Å². The van der Waals surface area contributed by atoms with E-state index in [1.165, 1.54) is 25.7 Å². The molecule has 4 radical (unpaired) electrons. The molecule has 3 rings (SSSR count). The van der Waals surface area contributed by atoms with E-state index < -0.39 is 0 Å². The third-order valence-corrected chi connectivity index (χ3v) is 4.40. The summed E-state index contributed by atoms with van der Waals surface area (Å²) >= 11 is 0. The highest BCUT2D eigenvalue weighted by molar-refractivity contribution is 5.14. The molecule has 26 heavy (non-hydrogen) atoms. The van der Waals surface area contributed by atoms with Crippen LogP contribution in [0.1, 0.15) is 50.9 Å². The molecule has 5 nitrogen and oxygen atoms in total. The van der Waals surface area contributed by atoms with Crippen molar-refractivity contribution in [3.8, 4) is 0 Å². The lowest BCUT2D eigenvalue weighted by Gasteiger charge is -2.20. The predicted molar refractivity (Wildman–Crippen MR) is 103 cm³/mol. The van der Waals surface area contributed by atoms with Gasteiger partial charge in [0.2, 0.25) is 13.3 Å². The highest BCUT2D eigenvalue weighted by Crippen LogP contribution is 2.18. The maximum atomic E-state index is 4.81. The second kappa shape index (κ2) is 9.51. The van der Waals surface area contributed by atoms with Gasteiger partial charge in [0.25, 0.3) is 0 Å². The van der Waals surface area contributed by atoms with Crippen molar-refractivity contribution in [3.05, 3.63) is 67.7 Å². The molecule has 5 heteroatoms. The fraction of sp³-hybridized carbons (Fsp3) is 0.476. The zero-order valence-corrected chi connectivity index (χ0v) is 15.9. The summed E-state index contributed by atoms with van der Waals surface area (Å²) in [6, 6.07) is 6.24. The van der Waals surface area contributed by atoms with Crippen LogP contribution in [0.15, 0.2) is 43.0 Å². The topological polar surface area (TPSA) is 25.9 Å². The van der Waals surface area contributed by atoms with Crippen LogP contribution < -0.4 is 0 Å². The Hall–Kier alpha value is -2.17. The van der Waals surface area contributed by atoms with Crippen molar-refractivity contribution in [1.82, 2.24) is 24.6 Å². The van der Waals surface area contributed by atoms with E-state index in [-0.39, 0.29) is 0 Å². The molecule has 138 valence electrons. The zero-order chi connectivity index (χ0) is 18.2. The average Bonchev–Trinajstić information content (AvgIpc) is 3.28. The number of hydrogen-bond donors (Lipinski definition) is 0. The standard InChI is InChI=1S/C21H29N5/c1-3-5-10-23-12-14-25(18-23)16-20-8-7-9-21(22-20)17-26-15-13-24(19-26)11-6-4-2/h7-9,12-15H,3-6,10-11,16-17H2,1-2H3. The Morgan fingerprint density at radius 2 is 1.19 bits per heavy atom. The normalized spacial score (nSPS) is 16.4. The maximum absolute atomic E-state index is 4.81. The van der Waals surface area contributed by atoms with Crippen LogP contribution in [0.3, 0.4) is 0 Å². The minimum Gasteiger partial charge on any atom is -0.346 e. The summed E-state index contributed by atoms with van der Waals surface area (Å²) < 4.78 is 0. The van der Waals surface area contributed by atoms with Gasteiger partial charge in [0, 0.05) is 37.9 Å². The number of unbranched alkanes of at least 4 members (excludes halogenated alkanes) is 2. The lowest BCUT2D eigenvalue weighted by Crippen LogP contribution is -2.22. The summed E-state index contributed by atoms with van der Waals surface area (Å²) in [7, 11) is 0. The Morgan fingerprint density at radius 1 is 0.731 bits per heavy atom. The van der Waals surface area contributed by atoms with Crippen molar-refractivity contribution in [3.63, 3.8) is 0 Å². The van der Waals surface area contributed by atoms with Crippen LogP contribution in [0.4, 0.5) is 0 Å². The smallest absolute Gasteiger partial charge is 0.208 e. The minimum absolute atomic E-state index is 0.749. The van der Waals surface area contributed by atoms with Gasteiger partial charge in [0.15, 0.2) is 0 Å². The van der Waals surface area contributed by atoms with Gasteiger partial charge in [-0.3, -0.25) is 4.98 Å². The molecule has 0 bridgehead atoms. The maximum Gasteiger partial charge on any atom is 0.208 e. The zero-order valence-electron chi connectivity index (χ0n) is 15.9. The van der Waals surface area contributed by atoms with Crippen molar-refractivity contribution >= 4 is 0 Å². The minimum atomic E-state index is 0.749. The van der Waals surface area contributed by atoms with Gasteiger partial charge in [-0.2, -0.15) is 0 Å². The molecular weight excluding hydrogens is 322 g/mol. The fourth-order valence-electron chi connectivity index (χ4n) is 2.92. The quantitative estimate of drug-likeness (QED) is 0.638. The first kappa shape index (κ1) is 18.6. The number of nitrogens with zero attached hydrogens (tertiary/aromatic N) is 5. The molecule has 0 fully saturated rings. The van der Waals surface area contributed by atoms with Crippen LogP contribution >= 0.6 is 0 Å². The molecule has 0 aliphatic carbocycles. The van der Waals surface area contributed by atoms with Crippen LogP contribution in [0.5, 0.6) is 0 Å². The van der Waals surface area contributed by atoms with Crippen molar-refractivity contribution in [2.45, 2.75) is 52.6 Å². The highest BCUT2D eigenvalue weighted by Gasteiger charge is 2.17. The summed E-state index contributed by atoms with van der Waals surface area (Å²) in [5, 5.41) is 0. The fourth-order valence-corrected chi connectivity index (χ4v) is 2.92. The molecule has 0 spiro atoms. The van der Waals surface area contributed by atoms with Crippen molar-refractivity contribution in [2.24, 2.45) is 0 Å². The van der Waals surface area contributed by atoms with E-state index in [9.17, 15) is 0 Å². The lowest BCUT2D eigenvalue weighted by molar-refractivity contribution is 0.327. The van der Waals surface area contributed by atoms with Crippen LogP contribution in [0, 0.1) is 13.3 Å². The van der Waals surface area contributed by atoms with Crippen molar-refractivity contribution in [2.75, 3.05) is 13.1 Å². The Morgan fingerprint density at radius 3 is 1.65 bits per heavy atom. The molecule has 0 saturated carbocycles. The van der Waals surface area contributed by atoms with Crippen molar-refractivity contribution < 1.29 is 0 Å². The first-order valence-corrected chi connectivity index (χ1v) is 9.67. The van der Waals surface area contributed by atoms with Gasteiger partial charge in [0.05, 0.1) is 24.5 Å². The highest BCUT2D eigenvalue weighted by atomic mass is 15.3. The molecule has 0 saturated heterocycles. The number of hydrogen-bond acceptors (Lipinski definition) is 5. The molecule has 1 aromatic heterocycles. The second-order valence-corrected chi connectivity index (χ2v) is 6.77. The number of aromatic nitrogens is 1. The van der Waals surface area contributed by atoms with Crippen LogP contribution in [-0.2, 0) is 13.1 Å². The molecule has 0 amide bonds. The molecular formula is C21H29N5. The molecule has 2 aliphatic rings. The SMILES string of the molecule is CCCCN1[C]N(Cc2cccc(CN3[C]N(CCCC)C=C3)n2)C=C1. The molecule has 0 N–H and O–H groups in total. The van der Waals surface area contributed by atoms with Gasteiger partial charge < -0.3 is 19.6 Å². The van der Waals surface area contributed by atoms with E-state index in [1.54, 1.807) is 0 Å². The molecule has 2 aliphatic heterocycles. The molecule has 0 atom stereocenters. The van der Waals surface area contributed by atoms with E-state index in [2.05, 4.69) is 89.8 Å². The number of rotatable bonds is 10. The summed E-state index contributed by atoms with van der Waals surface area (Å²) in [5.74, 6) is 0. The second-order valence-electron chi connectivity index (χ2n) is 6.77. The summed E-state index contributed by atoms with van der Waals surface area (Å²) in [6.07, 6.45) is 13.1.